The maximum absolute atomic E-state index is 9.60. The topological polar surface area (TPSA) is 71.1 Å². The highest BCUT2D eigenvalue weighted by Crippen LogP contribution is 2.20. The predicted octanol–water partition coefficient (Wildman–Crippen LogP) is 2.79. The lowest BCUT2D eigenvalue weighted by molar-refractivity contribution is 0.130. The molecule has 1 fully saturated rings. The standard InChI is InChI=1S/C20H25N3O2/c1-15-2-4-16(5-3-15)14-25-22-20(21)17-6-8-18(9-7-17)23-12-10-19(24)11-13-23/h2-9,19,24H,10-14H2,1H3,(H2,21,22). The highest BCUT2D eigenvalue weighted by Gasteiger charge is 2.17. The largest absolute Gasteiger partial charge is 0.393 e. The van der Waals surface area contributed by atoms with E-state index in [-0.39, 0.29) is 6.10 Å². The van der Waals surface area contributed by atoms with Gasteiger partial charge in [0, 0.05) is 24.3 Å². The predicted molar refractivity (Wildman–Crippen MR) is 101 cm³/mol. The molecule has 1 heterocycles. The van der Waals surface area contributed by atoms with Crippen LogP contribution in [-0.2, 0) is 11.4 Å². The minimum Gasteiger partial charge on any atom is -0.393 e. The third kappa shape index (κ3) is 4.73. The van der Waals surface area contributed by atoms with Crippen molar-refractivity contribution in [2.24, 2.45) is 10.9 Å². The fourth-order valence-electron chi connectivity index (χ4n) is 2.88. The van der Waals surface area contributed by atoms with E-state index in [4.69, 9.17) is 10.6 Å². The second kappa shape index (κ2) is 8.03. The molecule has 132 valence electrons. The van der Waals surface area contributed by atoms with E-state index in [0.29, 0.717) is 12.4 Å². The Bertz CT molecular complexity index is 703. The van der Waals surface area contributed by atoms with Crippen molar-refractivity contribution in [3.05, 3.63) is 65.2 Å². The zero-order chi connectivity index (χ0) is 17.6. The summed E-state index contributed by atoms with van der Waals surface area (Å²) in [6.07, 6.45) is 1.47. The Balaban J connectivity index is 1.56. The van der Waals surface area contributed by atoms with Crippen LogP contribution in [0.4, 0.5) is 5.69 Å². The molecule has 0 aromatic heterocycles. The lowest BCUT2D eigenvalue weighted by Gasteiger charge is -2.31. The molecular formula is C20H25N3O2. The molecule has 0 amide bonds. The molecule has 25 heavy (non-hydrogen) atoms. The zero-order valence-corrected chi connectivity index (χ0v) is 14.6. The number of oxime groups is 1. The number of rotatable bonds is 5. The van der Waals surface area contributed by atoms with Crippen LogP contribution in [-0.4, -0.2) is 30.1 Å². The van der Waals surface area contributed by atoms with Crippen molar-refractivity contribution < 1.29 is 9.94 Å². The molecule has 5 heteroatoms. The summed E-state index contributed by atoms with van der Waals surface area (Å²) in [6, 6.07) is 16.1. The number of anilines is 1. The zero-order valence-electron chi connectivity index (χ0n) is 14.6. The van der Waals surface area contributed by atoms with Crippen LogP contribution in [0.2, 0.25) is 0 Å². The van der Waals surface area contributed by atoms with Gasteiger partial charge in [-0.25, -0.2) is 0 Å². The quantitative estimate of drug-likeness (QED) is 0.499. The first-order valence-electron chi connectivity index (χ1n) is 8.66. The third-order valence-electron chi connectivity index (χ3n) is 4.51. The normalized spacial score (nSPS) is 16.1. The van der Waals surface area contributed by atoms with Crippen LogP contribution in [0.25, 0.3) is 0 Å². The molecule has 0 saturated carbocycles. The van der Waals surface area contributed by atoms with Gasteiger partial charge in [-0.05, 0) is 49.6 Å². The Morgan fingerprint density at radius 1 is 1.12 bits per heavy atom. The fourth-order valence-corrected chi connectivity index (χ4v) is 2.88. The van der Waals surface area contributed by atoms with E-state index in [9.17, 15) is 5.11 Å². The van der Waals surface area contributed by atoms with E-state index < -0.39 is 0 Å². The van der Waals surface area contributed by atoms with Crippen LogP contribution in [0.15, 0.2) is 53.7 Å². The Labute approximate surface area is 148 Å². The lowest BCUT2D eigenvalue weighted by atomic mass is 10.1. The molecule has 5 nitrogen and oxygen atoms in total. The minimum atomic E-state index is -0.163. The minimum absolute atomic E-state index is 0.163. The van der Waals surface area contributed by atoms with E-state index in [1.807, 2.05) is 48.5 Å². The Morgan fingerprint density at radius 2 is 1.76 bits per heavy atom. The summed E-state index contributed by atoms with van der Waals surface area (Å²) in [6.45, 7) is 4.21. The molecule has 0 unspecified atom stereocenters. The number of piperidine rings is 1. The highest BCUT2D eigenvalue weighted by molar-refractivity contribution is 5.97. The molecule has 0 bridgehead atoms. The molecular weight excluding hydrogens is 314 g/mol. The maximum Gasteiger partial charge on any atom is 0.170 e. The van der Waals surface area contributed by atoms with E-state index in [1.54, 1.807) is 0 Å². The summed E-state index contributed by atoms with van der Waals surface area (Å²) in [5.74, 6) is 0.368. The van der Waals surface area contributed by atoms with E-state index in [1.165, 1.54) is 5.56 Å². The fraction of sp³-hybridized carbons (Fsp3) is 0.350. The molecule has 0 atom stereocenters. The Kier molecular flexibility index (Phi) is 5.56. The first kappa shape index (κ1) is 17.3. The van der Waals surface area contributed by atoms with Gasteiger partial charge in [-0.15, -0.1) is 0 Å². The molecule has 3 N–H and O–H groups in total. The van der Waals surface area contributed by atoms with Crippen molar-refractivity contribution in [1.29, 1.82) is 0 Å². The summed E-state index contributed by atoms with van der Waals surface area (Å²) >= 11 is 0. The molecule has 0 spiro atoms. The number of nitrogens with two attached hydrogens (primary N) is 1. The molecule has 1 aliphatic heterocycles. The first-order chi connectivity index (χ1) is 12.1. The number of aliphatic hydroxyl groups is 1. The molecule has 0 radical (unpaired) electrons. The van der Waals surface area contributed by atoms with Crippen LogP contribution in [0.1, 0.15) is 29.5 Å². The van der Waals surface area contributed by atoms with Crippen molar-refractivity contribution in [2.75, 3.05) is 18.0 Å². The van der Waals surface area contributed by atoms with Crippen molar-refractivity contribution >= 4 is 11.5 Å². The molecule has 1 aliphatic rings. The Hall–Kier alpha value is -2.53. The maximum atomic E-state index is 9.60. The molecule has 1 saturated heterocycles. The van der Waals surface area contributed by atoms with Gasteiger partial charge in [0.15, 0.2) is 5.84 Å². The van der Waals surface area contributed by atoms with Crippen molar-refractivity contribution in [3.8, 4) is 0 Å². The summed E-state index contributed by atoms with van der Waals surface area (Å²) in [7, 11) is 0. The number of amidine groups is 1. The third-order valence-corrected chi connectivity index (χ3v) is 4.51. The molecule has 3 rings (SSSR count). The number of nitrogens with zero attached hydrogens (tertiary/aromatic N) is 2. The summed E-state index contributed by atoms with van der Waals surface area (Å²) < 4.78 is 0. The van der Waals surface area contributed by atoms with Gasteiger partial charge in [-0.1, -0.05) is 35.0 Å². The second-order valence-corrected chi connectivity index (χ2v) is 6.50. The second-order valence-electron chi connectivity index (χ2n) is 6.50. The van der Waals surface area contributed by atoms with Gasteiger partial charge in [-0.3, -0.25) is 0 Å². The smallest absolute Gasteiger partial charge is 0.170 e. The van der Waals surface area contributed by atoms with Gasteiger partial charge in [0.05, 0.1) is 6.10 Å². The van der Waals surface area contributed by atoms with E-state index >= 15 is 0 Å². The van der Waals surface area contributed by atoms with Crippen LogP contribution < -0.4 is 10.6 Å². The summed E-state index contributed by atoms with van der Waals surface area (Å²) in [4.78, 5) is 7.63. The van der Waals surface area contributed by atoms with Gasteiger partial charge in [-0.2, -0.15) is 0 Å². The van der Waals surface area contributed by atoms with Gasteiger partial charge in [0.2, 0.25) is 0 Å². The molecule has 0 aliphatic carbocycles. The first-order valence-corrected chi connectivity index (χ1v) is 8.66. The van der Waals surface area contributed by atoms with Crippen LogP contribution in [0, 0.1) is 6.92 Å². The number of hydrogen-bond donors (Lipinski definition) is 2. The van der Waals surface area contributed by atoms with Gasteiger partial charge in [0.25, 0.3) is 0 Å². The van der Waals surface area contributed by atoms with Crippen molar-refractivity contribution in [2.45, 2.75) is 32.5 Å². The number of aliphatic hydroxyl groups excluding tert-OH is 1. The van der Waals surface area contributed by atoms with Gasteiger partial charge < -0.3 is 20.6 Å². The SMILES string of the molecule is Cc1ccc(CON=C(N)c2ccc(N3CCC(O)CC3)cc2)cc1. The van der Waals surface area contributed by atoms with Crippen molar-refractivity contribution in [3.63, 3.8) is 0 Å². The number of aryl methyl sites for hydroxylation is 1. The van der Waals surface area contributed by atoms with Crippen molar-refractivity contribution in [1.82, 2.24) is 0 Å². The van der Waals surface area contributed by atoms with Gasteiger partial charge in [0.1, 0.15) is 6.61 Å². The van der Waals surface area contributed by atoms with E-state index in [2.05, 4.69) is 17.0 Å². The highest BCUT2D eigenvalue weighted by atomic mass is 16.6. The average molecular weight is 339 g/mol. The number of benzene rings is 2. The average Bonchev–Trinajstić information content (AvgIpc) is 2.64. The Morgan fingerprint density at radius 3 is 2.40 bits per heavy atom. The molecule has 2 aromatic rings. The van der Waals surface area contributed by atoms with Crippen LogP contribution in [0.3, 0.4) is 0 Å². The van der Waals surface area contributed by atoms with Crippen LogP contribution in [0.5, 0.6) is 0 Å². The molecule has 2 aromatic carbocycles. The lowest BCUT2D eigenvalue weighted by Crippen LogP contribution is -2.35. The monoisotopic (exact) mass is 339 g/mol. The van der Waals surface area contributed by atoms with E-state index in [0.717, 1.165) is 42.7 Å². The summed E-state index contributed by atoms with van der Waals surface area (Å²) in [5.41, 5.74) is 10.3. The summed E-state index contributed by atoms with van der Waals surface area (Å²) in [5, 5.41) is 13.6. The van der Waals surface area contributed by atoms with Crippen LogP contribution >= 0.6 is 0 Å². The number of hydrogen-bond acceptors (Lipinski definition) is 4. The van der Waals surface area contributed by atoms with Gasteiger partial charge >= 0.3 is 0 Å².